The van der Waals surface area contributed by atoms with Gasteiger partial charge in [0, 0.05) is 111 Å². The van der Waals surface area contributed by atoms with E-state index in [1.54, 1.807) is 6.07 Å². The lowest BCUT2D eigenvalue weighted by Gasteiger charge is -2.11. The van der Waals surface area contributed by atoms with Crippen molar-refractivity contribution in [3.63, 3.8) is 0 Å². The molecular weight excluding hydrogens is 1530 g/mol. The minimum atomic E-state index is -0.367. The first-order chi connectivity index (χ1) is 61.9. The summed E-state index contributed by atoms with van der Waals surface area (Å²) in [5.41, 5.74) is 25.5. The van der Waals surface area contributed by atoms with Crippen molar-refractivity contribution in [3.05, 3.63) is 437 Å². The number of hydrogen-bond donors (Lipinski definition) is 0. The summed E-state index contributed by atoms with van der Waals surface area (Å²) in [5, 5.41) is 9.30. The van der Waals surface area contributed by atoms with Crippen molar-refractivity contribution in [3.8, 4) is 136 Å². The van der Waals surface area contributed by atoms with Crippen molar-refractivity contribution >= 4 is 87.2 Å². The topological polar surface area (TPSA) is 123 Å². The van der Waals surface area contributed by atoms with Gasteiger partial charge in [-0.05, 0) is 172 Å². The lowest BCUT2D eigenvalue weighted by Crippen LogP contribution is -2.00. The molecule has 0 fully saturated rings. The Balaban J connectivity index is 0.000000144. The average molecular weight is 1600 g/mol. The normalized spacial score (nSPS) is 11.6. The number of aromatic nitrogens is 12. The maximum Gasteiger partial charge on any atom is 0.234 e. The van der Waals surface area contributed by atoms with Crippen LogP contribution in [-0.4, -0.2) is 58.1 Å². The summed E-state index contributed by atoms with van der Waals surface area (Å²) in [4.78, 5) is 39.4. The fourth-order valence-corrected chi connectivity index (χ4v) is 17.8. The van der Waals surface area contributed by atoms with E-state index in [-0.39, 0.29) is 5.82 Å². The lowest BCUT2D eigenvalue weighted by molar-refractivity contribution is 0.628. The van der Waals surface area contributed by atoms with Crippen LogP contribution >= 0.6 is 0 Å². The van der Waals surface area contributed by atoms with Crippen molar-refractivity contribution in [2.75, 3.05) is 0 Å². The van der Waals surface area contributed by atoms with Crippen LogP contribution in [0.5, 0.6) is 0 Å². The third-order valence-electron chi connectivity index (χ3n) is 23.7. The molecule has 24 rings (SSSR count). The van der Waals surface area contributed by atoms with Crippen LogP contribution in [0, 0.1) is 5.82 Å². The van der Waals surface area contributed by atoms with Crippen LogP contribution in [0.25, 0.3) is 223 Å². The molecule has 0 saturated carbocycles. The number of fused-ring (bicyclic) bond motifs is 12. The van der Waals surface area contributed by atoms with Gasteiger partial charge in [-0.3, -0.25) is 4.57 Å². The summed E-state index contributed by atoms with van der Waals surface area (Å²) in [5.74, 6) is 3.61. The zero-order chi connectivity index (χ0) is 82.8. The summed E-state index contributed by atoms with van der Waals surface area (Å²) in [6, 6.07) is 144. The monoisotopic (exact) mass is 1600 g/mol. The van der Waals surface area contributed by atoms with Crippen molar-refractivity contribution in [1.29, 1.82) is 0 Å². The van der Waals surface area contributed by atoms with E-state index in [0.717, 1.165) is 139 Å². The van der Waals surface area contributed by atoms with Gasteiger partial charge in [0.05, 0.1) is 44.1 Å². The highest BCUT2D eigenvalue weighted by Gasteiger charge is 2.23. The van der Waals surface area contributed by atoms with E-state index in [4.69, 9.17) is 39.9 Å². The molecule has 17 aromatic carbocycles. The van der Waals surface area contributed by atoms with Gasteiger partial charge in [-0.2, -0.15) is 0 Å². The molecule has 0 N–H and O–H groups in total. The highest BCUT2D eigenvalue weighted by atomic mass is 19.1. The average Bonchev–Trinajstić information content (AvgIpc) is 1.61. The van der Waals surface area contributed by atoms with E-state index < -0.39 is 0 Å². The molecule has 0 unspecified atom stereocenters. The fraction of sp³-hybridized carbons (Fsp3) is 0. The molecule has 24 aromatic rings. The Morgan fingerprint density at radius 3 is 0.816 bits per heavy atom. The SMILES string of the molecule is Fc1cc(-c2ccc3c(c2)c2ccccc2n3-c2ccc(-c3ccc4c(c3)c3ccccc3n4-c3ccccc3)cc2)cc(-c2nc(-c3ccccc3)nc(-c3ccccc3)n2)c1.c1ccc(-c2nc(-c3ccccc3)nc(-c3cccc(-c4ccc5c(c4)c4ccccc4n5-c4ncc(-c5ccc6c(c5)c5ccccc5n6-c5ccccc5)cn4)c3)n2)cc1. The predicted molar refractivity (Wildman–Crippen MR) is 507 cm³/mol. The van der Waals surface area contributed by atoms with Crippen LogP contribution in [0.1, 0.15) is 0 Å². The minimum absolute atomic E-state index is 0.367. The Morgan fingerprint density at radius 2 is 0.416 bits per heavy atom. The molecule has 7 heterocycles. The lowest BCUT2D eigenvalue weighted by atomic mass is 10.00. The van der Waals surface area contributed by atoms with Crippen molar-refractivity contribution in [1.82, 2.24) is 58.1 Å². The van der Waals surface area contributed by atoms with Gasteiger partial charge in [0.1, 0.15) is 5.82 Å². The highest BCUT2D eigenvalue weighted by molar-refractivity contribution is 6.14. The van der Waals surface area contributed by atoms with Gasteiger partial charge < -0.3 is 13.7 Å². The number of halogens is 1. The largest absolute Gasteiger partial charge is 0.309 e. The van der Waals surface area contributed by atoms with Gasteiger partial charge in [0.15, 0.2) is 34.9 Å². The summed E-state index contributed by atoms with van der Waals surface area (Å²) < 4.78 is 24.9. The summed E-state index contributed by atoms with van der Waals surface area (Å²) in [6.45, 7) is 0. The van der Waals surface area contributed by atoms with Gasteiger partial charge in [-0.1, -0.05) is 285 Å². The number of hydrogen-bond acceptors (Lipinski definition) is 8. The van der Waals surface area contributed by atoms with Crippen LogP contribution < -0.4 is 0 Å². The predicted octanol–water partition coefficient (Wildman–Crippen LogP) is 27.7. The molecule has 0 bridgehead atoms. The Kier molecular flexibility index (Phi) is 18.1. The molecule has 12 nitrogen and oxygen atoms in total. The van der Waals surface area contributed by atoms with E-state index >= 15 is 4.39 Å². The standard InChI is InChI=1S/C57H36FN5.C55H35N7/c58-44-33-42(32-43(34-44)57-60-55(38-14-4-1-5-15-38)59-56(61-57)39-16-6-2-7-17-39)41-27-31-54-50(36-41)48-21-11-13-23-52(48)63(54)46-28-24-37(25-29-46)40-26-30-53-49(35-40)47-20-10-12-22-51(47)62(53)45-18-8-3-9-19-45;1-4-15-36(16-5-1)52-58-53(37-17-6-2-7-18-37)60-54(59-52)41-20-14-19-38(31-41)39-27-30-51-47(32-39)45-24-11-13-26-49(45)62(51)55-56-34-42(35-57-55)40-28-29-50-46(33-40)44-23-10-12-25-48(44)61(50)43-21-8-3-9-22-43/h1-36H;1-35H. The summed E-state index contributed by atoms with van der Waals surface area (Å²) in [6.07, 6.45) is 3.88. The zero-order valence-electron chi connectivity index (χ0n) is 67.2. The van der Waals surface area contributed by atoms with Gasteiger partial charge in [-0.15, -0.1) is 0 Å². The molecular formula is C112H71FN12. The molecule has 0 saturated heterocycles. The number of nitrogens with zero attached hydrogens (tertiary/aromatic N) is 12. The van der Waals surface area contributed by atoms with Crippen LogP contribution in [-0.2, 0) is 0 Å². The molecule has 0 radical (unpaired) electrons. The maximum absolute atomic E-state index is 15.7. The Labute approximate surface area is 717 Å². The molecule has 7 aromatic heterocycles. The molecule has 0 aliphatic rings. The second kappa shape index (κ2) is 31.0. The fourth-order valence-electron chi connectivity index (χ4n) is 17.8. The molecule has 125 heavy (non-hydrogen) atoms. The smallest absolute Gasteiger partial charge is 0.234 e. The van der Waals surface area contributed by atoms with Gasteiger partial charge in [0.2, 0.25) is 5.95 Å². The zero-order valence-corrected chi connectivity index (χ0v) is 67.2. The van der Waals surface area contributed by atoms with Crippen LogP contribution in [0.2, 0.25) is 0 Å². The summed E-state index contributed by atoms with van der Waals surface area (Å²) >= 11 is 0. The first kappa shape index (κ1) is 73.1. The highest BCUT2D eigenvalue weighted by Crippen LogP contribution is 2.43. The number of para-hydroxylation sites is 6. The quantitative estimate of drug-likeness (QED) is 0.105. The third kappa shape index (κ3) is 13.4. The molecule has 13 heteroatoms. The molecule has 0 atom stereocenters. The van der Waals surface area contributed by atoms with E-state index in [9.17, 15) is 0 Å². The van der Waals surface area contributed by atoms with Gasteiger partial charge in [-0.25, -0.2) is 44.3 Å². The maximum atomic E-state index is 15.7. The van der Waals surface area contributed by atoms with Gasteiger partial charge >= 0.3 is 0 Å². The molecule has 0 aliphatic carbocycles. The Hall–Kier alpha value is -17.0. The van der Waals surface area contributed by atoms with Crippen molar-refractivity contribution in [2.24, 2.45) is 0 Å². The Bertz CT molecular complexity index is 8140. The van der Waals surface area contributed by atoms with Crippen molar-refractivity contribution < 1.29 is 4.39 Å². The van der Waals surface area contributed by atoms with E-state index in [1.165, 1.54) is 44.2 Å². The molecule has 0 spiro atoms. The number of rotatable bonds is 14. The Morgan fingerprint density at radius 1 is 0.160 bits per heavy atom. The van der Waals surface area contributed by atoms with Crippen LogP contribution in [0.4, 0.5) is 4.39 Å². The van der Waals surface area contributed by atoms with E-state index in [0.29, 0.717) is 46.5 Å². The van der Waals surface area contributed by atoms with Crippen LogP contribution in [0.3, 0.4) is 0 Å². The van der Waals surface area contributed by atoms with E-state index in [2.05, 4.69) is 297 Å². The van der Waals surface area contributed by atoms with Gasteiger partial charge in [0.25, 0.3) is 0 Å². The second-order valence-corrected chi connectivity index (χ2v) is 31.2. The molecule has 586 valence electrons. The van der Waals surface area contributed by atoms with Crippen LogP contribution in [0.15, 0.2) is 431 Å². The third-order valence-corrected chi connectivity index (χ3v) is 23.7. The first-order valence-corrected chi connectivity index (χ1v) is 41.7. The molecule has 0 amide bonds. The summed E-state index contributed by atoms with van der Waals surface area (Å²) in [7, 11) is 0. The first-order valence-electron chi connectivity index (χ1n) is 41.7. The minimum Gasteiger partial charge on any atom is -0.309 e. The molecule has 0 aliphatic heterocycles. The van der Waals surface area contributed by atoms with E-state index in [1.807, 2.05) is 140 Å². The van der Waals surface area contributed by atoms with Crippen molar-refractivity contribution in [2.45, 2.75) is 0 Å². The second-order valence-electron chi connectivity index (χ2n) is 31.2. The number of benzene rings is 17.